The molecule has 1 aromatic heterocycles. The van der Waals surface area contributed by atoms with Crippen molar-refractivity contribution < 1.29 is 8.42 Å². The summed E-state index contributed by atoms with van der Waals surface area (Å²) in [6.45, 7) is 2.62. The van der Waals surface area contributed by atoms with Crippen LogP contribution in [0.5, 0.6) is 0 Å². The lowest BCUT2D eigenvalue weighted by Gasteiger charge is -2.09. The lowest BCUT2D eigenvalue weighted by molar-refractivity contribution is 0.581. The highest BCUT2D eigenvalue weighted by molar-refractivity contribution is 7.89. The van der Waals surface area contributed by atoms with Crippen LogP contribution in [-0.2, 0) is 23.1 Å². The van der Waals surface area contributed by atoms with Crippen LogP contribution in [0, 0.1) is 6.92 Å². The van der Waals surface area contributed by atoms with Crippen molar-refractivity contribution in [3.05, 3.63) is 44.9 Å². The van der Waals surface area contributed by atoms with Crippen LogP contribution in [0.2, 0.25) is 5.02 Å². The number of aromatic nitrogens is 1. The Balaban J connectivity index is 2.17. The van der Waals surface area contributed by atoms with Gasteiger partial charge in [-0.3, -0.25) is 0 Å². The number of nitrogens with zero attached hydrogens (tertiary/aromatic N) is 1. The highest BCUT2D eigenvalue weighted by atomic mass is 35.5. The van der Waals surface area contributed by atoms with Crippen molar-refractivity contribution in [2.45, 2.75) is 24.9 Å². The van der Waals surface area contributed by atoms with Crippen molar-refractivity contribution in [1.29, 1.82) is 0 Å². The fourth-order valence-electron chi connectivity index (χ4n) is 1.77. The van der Waals surface area contributed by atoms with E-state index in [0.29, 0.717) is 11.6 Å². The van der Waals surface area contributed by atoms with Crippen molar-refractivity contribution in [1.82, 2.24) is 15.0 Å². The Morgan fingerprint density at radius 3 is 2.71 bits per heavy atom. The fraction of sp³-hybridized carbons (Fsp3) is 0.308. The molecule has 114 valence electrons. The number of thiazole rings is 1. The molecular formula is C13H16ClN3O2S2. The fourth-order valence-corrected chi connectivity index (χ4v) is 3.81. The Bertz CT molecular complexity index is 729. The molecule has 0 atom stereocenters. The van der Waals surface area contributed by atoms with Crippen LogP contribution in [0.3, 0.4) is 0 Å². The van der Waals surface area contributed by atoms with Gasteiger partial charge in [0.15, 0.2) is 0 Å². The summed E-state index contributed by atoms with van der Waals surface area (Å²) in [5, 5.41) is 4.23. The third kappa shape index (κ3) is 4.24. The van der Waals surface area contributed by atoms with E-state index in [4.69, 9.17) is 11.6 Å². The molecule has 21 heavy (non-hydrogen) atoms. The summed E-state index contributed by atoms with van der Waals surface area (Å²) in [5.74, 6) is 0. The van der Waals surface area contributed by atoms with Gasteiger partial charge in [-0.25, -0.2) is 18.1 Å². The molecule has 2 aromatic rings. The molecule has 0 aliphatic carbocycles. The van der Waals surface area contributed by atoms with E-state index in [9.17, 15) is 8.42 Å². The molecule has 2 N–H and O–H groups in total. The molecule has 5 nitrogen and oxygen atoms in total. The zero-order chi connectivity index (χ0) is 15.5. The first-order chi connectivity index (χ1) is 9.92. The summed E-state index contributed by atoms with van der Waals surface area (Å²) in [5.41, 5.74) is 0.743. The van der Waals surface area contributed by atoms with Crippen LogP contribution in [-0.4, -0.2) is 20.4 Å². The summed E-state index contributed by atoms with van der Waals surface area (Å²) in [6.07, 6.45) is 1.72. The molecule has 0 amide bonds. The molecule has 0 aliphatic rings. The van der Waals surface area contributed by atoms with Gasteiger partial charge in [-0.1, -0.05) is 11.6 Å². The van der Waals surface area contributed by atoms with Crippen LogP contribution >= 0.6 is 22.9 Å². The molecule has 0 fully saturated rings. The molecule has 0 saturated heterocycles. The minimum atomic E-state index is -3.58. The zero-order valence-corrected chi connectivity index (χ0v) is 14.1. The zero-order valence-electron chi connectivity index (χ0n) is 11.7. The predicted octanol–water partition coefficient (Wildman–Crippen LogP) is 2.30. The molecule has 0 bridgehead atoms. The van der Waals surface area contributed by atoms with Gasteiger partial charge in [0.25, 0.3) is 0 Å². The van der Waals surface area contributed by atoms with Crippen molar-refractivity contribution in [2.75, 3.05) is 7.05 Å². The van der Waals surface area contributed by atoms with Crippen molar-refractivity contribution >= 4 is 33.0 Å². The number of benzene rings is 1. The first-order valence-corrected chi connectivity index (χ1v) is 8.94. The van der Waals surface area contributed by atoms with Crippen LogP contribution in [0.4, 0.5) is 0 Å². The Kier molecular flexibility index (Phi) is 5.34. The van der Waals surface area contributed by atoms with Crippen molar-refractivity contribution in [3.8, 4) is 0 Å². The second-order valence-corrected chi connectivity index (χ2v) is 7.97. The van der Waals surface area contributed by atoms with Gasteiger partial charge in [0.2, 0.25) is 10.0 Å². The third-order valence-corrected chi connectivity index (χ3v) is 5.46. The third-order valence-electron chi connectivity index (χ3n) is 2.78. The van der Waals surface area contributed by atoms with Gasteiger partial charge in [-0.2, -0.15) is 0 Å². The lowest BCUT2D eigenvalue weighted by atomic mass is 10.2. The van der Waals surface area contributed by atoms with E-state index in [2.05, 4.69) is 15.0 Å². The van der Waals surface area contributed by atoms with Crippen LogP contribution < -0.4 is 10.0 Å². The van der Waals surface area contributed by atoms with Gasteiger partial charge in [0.05, 0.1) is 11.4 Å². The monoisotopic (exact) mass is 345 g/mol. The van der Waals surface area contributed by atoms with Gasteiger partial charge in [0.1, 0.15) is 5.01 Å². The van der Waals surface area contributed by atoms with Gasteiger partial charge < -0.3 is 5.32 Å². The maximum absolute atomic E-state index is 12.3. The summed E-state index contributed by atoms with van der Waals surface area (Å²) in [4.78, 5) is 5.38. The molecule has 1 aromatic carbocycles. The number of sulfonamides is 1. The Morgan fingerprint density at radius 1 is 1.33 bits per heavy atom. The molecule has 0 saturated carbocycles. The number of aryl methyl sites for hydroxylation is 1. The summed E-state index contributed by atoms with van der Waals surface area (Å²) < 4.78 is 27.1. The molecule has 1 heterocycles. The molecule has 0 radical (unpaired) electrons. The van der Waals surface area contributed by atoms with E-state index in [1.807, 2.05) is 6.92 Å². The largest absolute Gasteiger partial charge is 0.316 e. The van der Waals surface area contributed by atoms with Gasteiger partial charge in [-0.15, -0.1) is 11.3 Å². The number of nitrogens with one attached hydrogen (secondary N) is 2. The normalized spacial score (nSPS) is 11.8. The van der Waals surface area contributed by atoms with Crippen LogP contribution in [0.25, 0.3) is 0 Å². The molecule has 8 heteroatoms. The topological polar surface area (TPSA) is 71.1 Å². The highest BCUT2D eigenvalue weighted by Crippen LogP contribution is 2.21. The highest BCUT2D eigenvalue weighted by Gasteiger charge is 2.16. The minimum Gasteiger partial charge on any atom is -0.316 e. The first kappa shape index (κ1) is 16.4. The van der Waals surface area contributed by atoms with Gasteiger partial charge in [0, 0.05) is 22.6 Å². The number of hydrogen-bond donors (Lipinski definition) is 2. The smallest absolute Gasteiger partial charge is 0.240 e. The van der Waals surface area contributed by atoms with E-state index >= 15 is 0 Å². The molecule has 2 rings (SSSR count). The SMILES string of the molecule is CNCc1cc(S(=O)(=O)NCc2ncc(C)s2)ccc1Cl. The second-order valence-electron chi connectivity index (χ2n) is 4.47. The molecule has 0 unspecified atom stereocenters. The second kappa shape index (κ2) is 6.85. The molecule has 0 spiro atoms. The van der Waals surface area contributed by atoms with E-state index in [1.54, 1.807) is 25.4 Å². The van der Waals surface area contributed by atoms with Crippen LogP contribution in [0.15, 0.2) is 29.3 Å². The van der Waals surface area contributed by atoms with Gasteiger partial charge >= 0.3 is 0 Å². The standard InChI is InChI=1S/C13H16ClN3O2S2/c1-9-6-16-13(20-9)8-17-21(18,19)11-3-4-12(14)10(5-11)7-15-2/h3-6,15,17H,7-8H2,1-2H3. The van der Waals surface area contributed by atoms with E-state index in [0.717, 1.165) is 15.4 Å². The molecular weight excluding hydrogens is 330 g/mol. The lowest BCUT2D eigenvalue weighted by Crippen LogP contribution is -2.23. The maximum atomic E-state index is 12.3. The van der Waals surface area contributed by atoms with Crippen molar-refractivity contribution in [3.63, 3.8) is 0 Å². The van der Waals surface area contributed by atoms with E-state index < -0.39 is 10.0 Å². The van der Waals surface area contributed by atoms with E-state index in [-0.39, 0.29) is 11.4 Å². The summed E-state index contributed by atoms with van der Waals surface area (Å²) in [6, 6.07) is 4.67. The average molecular weight is 346 g/mol. The Labute approximate surface area is 133 Å². The summed E-state index contributed by atoms with van der Waals surface area (Å²) in [7, 11) is -1.80. The average Bonchev–Trinajstić information content (AvgIpc) is 2.85. The maximum Gasteiger partial charge on any atom is 0.240 e. The van der Waals surface area contributed by atoms with Crippen molar-refractivity contribution in [2.24, 2.45) is 0 Å². The summed E-state index contributed by atoms with van der Waals surface area (Å²) >= 11 is 7.51. The number of halogens is 1. The number of rotatable bonds is 6. The predicted molar refractivity (Wildman–Crippen MR) is 85.1 cm³/mol. The van der Waals surface area contributed by atoms with E-state index in [1.165, 1.54) is 17.4 Å². The quantitative estimate of drug-likeness (QED) is 0.842. The Hall–Kier alpha value is -0.990. The Morgan fingerprint density at radius 2 is 2.10 bits per heavy atom. The van der Waals surface area contributed by atoms with Gasteiger partial charge in [-0.05, 0) is 37.7 Å². The van der Waals surface area contributed by atoms with Crippen LogP contribution in [0.1, 0.15) is 15.4 Å². The minimum absolute atomic E-state index is 0.185. The first-order valence-electron chi connectivity index (χ1n) is 6.26. The number of hydrogen-bond acceptors (Lipinski definition) is 5. The molecule has 0 aliphatic heterocycles.